The van der Waals surface area contributed by atoms with Gasteiger partial charge in [0.1, 0.15) is 11.2 Å². The Labute approximate surface area is 502 Å². The third-order valence-corrected chi connectivity index (χ3v) is 17.3. The summed E-state index contributed by atoms with van der Waals surface area (Å²) in [7, 11) is 0. The van der Waals surface area contributed by atoms with Gasteiger partial charge in [0.2, 0.25) is 0 Å². The number of aromatic nitrogens is 6. The zero-order valence-corrected chi connectivity index (χ0v) is 47.2. The van der Waals surface area contributed by atoms with Crippen molar-refractivity contribution in [1.29, 1.82) is 0 Å². The molecule has 0 saturated heterocycles. The number of nitrogens with zero attached hydrogens (tertiary/aromatic N) is 6. The fourth-order valence-corrected chi connectivity index (χ4v) is 13.1. The molecule has 1 aliphatic carbocycles. The van der Waals surface area contributed by atoms with Crippen LogP contribution in [0.4, 0.5) is 0 Å². The molecular weight excluding hydrogens is 1060 g/mol. The molecular formula is C80H52N6O. The molecule has 1 atom stereocenters. The van der Waals surface area contributed by atoms with Crippen molar-refractivity contribution >= 4 is 60.7 Å². The average molecular weight is 1110 g/mol. The average Bonchev–Trinajstić information content (AvgIpc) is 1.77. The molecule has 7 heteroatoms. The Morgan fingerprint density at radius 1 is 0.299 bits per heavy atom. The summed E-state index contributed by atoms with van der Waals surface area (Å²) in [5.41, 5.74) is 24.6. The molecule has 87 heavy (non-hydrogen) atoms. The highest BCUT2D eigenvalue weighted by atomic mass is 16.3. The van der Waals surface area contributed by atoms with Crippen molar-refractivity contribution < 1.29 is 4.42 Å². The molecule has 7 heterocycles. The van der Waals surface area contributed by atoms with Gasteiger partial charge in [-0.2, -0.15) is 0 Å². The lowest BCUT2D eigenvalue weighted by molar-refractivity contribution is 0.669. The van der Waals surface area contributed by atoms with Crippen LogP contribution in [-0.4, -0.2) is 29.1 Å². The zero-order valence-electron chi connectivity index (χ0n) is 47.2. The van der Waals surface area contributed by atoms with Crippen molar-refractivity contribution in [2.75, 3.05) is 0 Å². The molecule has 0 radical (unpaired) electrons. The first-order chi connectivity index (χ1) is 43.1. The minimum Gasteiger partial charge on any atom is -0.456 e. The number of hydrogen-bond donors (Lipinski definition) is 0. The summed E-state index contributed by atoms with van der Waals surface area (Å²) in [6.07, 6.45) is 5.44. The molecule has 0 bridgehead atoms. The van der Waals surface area contributed by atoms with E-state index < -0.39 is 0 Å². The first kappa shape index (κ1) is 50.0. The molecule has 408 valence electrons. The van der Waals surface area contributed by atoms with Gasteiger partial charge in [-0.15, -0.1) is 0 Å². The maximum Gasteiger partial charge on any atom is 0.135 e. The third-order valence-electron chi connectivity index (χ3n) is 17.3. The first-order valence-corrected chi connectivity index (χ1v) is 29.6. The molecule has 16 aromatic rings. The van der Waals surface area contributed by atoms with E-state index in [1.54, 1.807) is 0 Å². The fourth-order valence-electron chi connectivity index (χ4n) is 13.1. The predicted octanol–water partition coefficient (Wildman–Crippen LogP) is 20.2. The van der Waals surface area contributed by atoms with Crippen molar-refractivity contribution in [2.45, 2.75) is 12.3 Å². The third kappa shape index (κ3) is 8.83. The van der Waals surface area contributed by atoms with E-state index in [-0.39, 0.29) is 5.92 Å². The van der Waals surface area contributed by atoms with Gasteiger partial charge in [0.25, 0.3) is 0 Å². The second-order valence-electron chi connectivity index (χ2n) is 22.5. The topological polar surface area (TPSA) is 74.6 Å². The van der Waals surface area contributed by atoms with Crippen LogP contribution in [0.15, 0.2) is 296 Å². The number of benzene rings is 9. The minimum atomic E-state index is 0.0751. The maximum atomic E-state index is 6.74. The van der Waals surface area contributed by atoms with Crippen LogP contribution in [0, 0.1) is 0 Å². The second-order valence-corrected chi connectivity index (χ2v) is 22.5. The van der Waals surface area contributed by atoms with Crippen LogP contribution < -0.4 is 0 Å². The van der Waals surface area contributed by atoms with Crippen molar-refractivity contribution in [1.82, 2.24) is 29.1 Å². The van der Waals surface area contributed by atoms with Gasteiger partial charge in [0, 0.05) is 94.6 Å². The molecule has 9 aromatic carbocycles. The normalized spacial score (nSPS) is 13.1. The molecule has 7 aromatic heterocycles. The van der Waals surface area contributed by atoms with Gasteiger partial charge in [0.15, 0.2) is 0 Å². The summed E-state index contributed by atoms with van der Waals surface area (Å²) in [5, 5.41) is 5.51. The smallest absolute Gasteiger partial charge is 0.135 e. The van der Waals surface area contributed by atoms with Gasteiger partial charge < -0.3 is 13.6 Å². The van der Waals surface area contributed by atoms with Gasteiger partial charge in [0.05, 0.1) is 56.4 Å². The molecule has 1 aliphatic rings. The van der Waals surface area contributed by atoms with Crippen LogP contribution in [0.5, 0.6) is 0 Å². The van der Waals surface area contributed by atoms with Crippen LogP contribution in [-0.2, 0) is 6.42 Å². The van der Waals surface area contributed by atoms with E-state index in [1.165, 1.54) is 10.9 Å². The van der Waals surface area contributed by atoms with E-state index in [1.807, 2.05) is 24.3 Å². The van der Waals surface area contributed by atoms with Crippen molar-refractivity contribution in [3.8, 4) is 90.2 Å². The van der Waals surface area contributed by atoms with E-state index in [2.05, 4.69) is 282 Å². The van der Waals surface area contributed by atoms with Crippen molar-refractivity contribution in [2.24, 2.45) is 0 Å². The van der Waals surface area contributed by atoms with Gasteiger partial charge in [-0.05, 0) is 139 Å². The van der Waals surface area contributed by atoms with Gasteiger partial charge in [-0.1, -0.05) is 170 Å². The minimum absolute atomic E-state index is 0.0751. The van der Waals surface area contributed by atoms with Crippen LogP contribution in [0.25, 0.3) is 151 Å². The van der Waals surface area contributed by atoms with E-state index in [0.717, 1.165) is 157 Å². The molecule has 0 N–H and O–H groups in total. The lowest BCUT2D eigenvalue weighted by atomic mass is 9.88. The predicted molar refractivity (Wildman–Crippen MR) is 356 cm³/mol. The SMILES string of the molecule is C1=CC(c2cccc(-c3ccccc3)n2)Cc2c1n(-c1ccc3oc4ccc(-n5c6ccc(-c7cccc(-c8ccccc8)n7)cc6c6cc(-c7cccc(-c8ccccc8)n7)ccc65)cc4c3c1)c1ccc(-c3cccc(-c4ccccc4)n3)cc21. The van der Waals surface area contributed by atoms with E-state index in [0.29, 0.717) is 0 Å². The van der Waals surface area contributed by atoms with Gasteiger partial charge >= 0.3 is 0 Å². The Bertz CT molecular complexity index is 5230. The molecule has 17 rings (SSSR count). The monoisotopic (exact) mass is 1110 g/mol. The zero-order chi connectivity index (χ0) is 57.4. The molecule has 1 unspecified atom stereocenters. The number of pyridine rings is 4. The lowest BCUT2D eigenvalue weighted by Crippen LogP contribution is -2.09. The Morgan fingerprint density at radius 3 is 1.13 bits per heavy atom. The largest absolute Gasteiger partial charge is 0.456 e. The van der Waals surface area contributed by atoms with Gasteiger partial charge in [-0.3, -0.25) is 4.98 Å². The summed E-state index contributed by atoms with van der Waals surface area (Å²) in [4.78, 5) is 20.9. The van der Waals surface area contributed by atoms with Crippen LogP contribution >= 0.6 is 0 Å². The number of furan rings is 1. The molecule has 0 amide bonds. The number of allylic oxidation sites excluding steroid dienone is 1. The van der Waals surface area contributed by atoms with E-state index >= 15 is 0 Å². The fraction of sp³-hybridized carbons (Fsp3) is 0.0250. The molecule has 0 spiro atoms. The maximum absolute atomic E-state index is 6.74. The van der Waals surface area contributed by atoms with Crippen LogP contribution in [0.3, 0.4) is 0 Å². The van der Waals surface area contributed by atoms with Crippen LogP contribution in [0.1, 0.15) is 22.9 Å². The standard InChI is InChI=1S/C80H52N6O/c1-5-17-51(18-6-1)67-25-13-29-71(81-67)55-33-39-75-61(45-55)62-46-56(72-30-14-26-68(82-72)52-19-7-2-8-20-52)34-40-76(62)85(75)59-37-43-79-65(49-59)66-50-60(38-44-80(66)87-79)86-77-41-35-57(73-31-15-27-69(83-73)53-21-9-3-10-22-53)47-63(77)64-48-58(36-42-78(64)86)74-32-16-28-70(84-74)54-23-11-4-12-24-54/h1-47,49-50,58H,48H2. The number of fused-ring (bicyclic) bond motifs is 9. The summed E-state index contributed by atoms with van der Waals surface area (Å²) in [5.74, 6) is 0.0751. The first-order valence-electron chi connectivity index (χ1n) is 29.6. The summed E-state index contributed by atoms with van der Waals surface area (Å²) in [6.45, 7) is 0. The highest BCUT2D eigenvalue weighted by Crippen LogP contribution is 2.43. The number of rotatable bonds is 10. The molecule has 0 saturated carbocycles. The van der Waals surface area contributed by atoms with E-state index in [9.17, 15) is 0 Å². The Kier molecular flexibility index (Phi) is 11.9. The lowest BCUT2D eigenvalue weighted by Gasteiger charge is -2.19. The van der Waals surface area contributed by atoms with Crippen LogP contribution in [0.2, 0.25) is 0 Å². The summed E-state index contributed by atoms with van der Waals surface area (Å²) in [6, 6.07) is 101. The Hall–Kier alpha value is -11.5. The molecule has 0 aliphatic heterocycles. The van der Waals surface area contributed by atoms with Gasteiger partial charge in [-0.25, -0.2) is 15.0 Å². The molecule has 7 nitrogen and oxygen atoms in total. The Balaban J connectivity index is 0.807. The second kappa shape index (κ2) is 20.7. The highest BCUT2D eigenvalue weighted by Gasteiger charge is 2.26. The number of hydrogen-bond acceptors (Lipinski definition) is 5. The molecule has 0 fully saturated rings. The summed E-state index contributed by atoms with van der Waals surface area (Å²) < 4.78 is 11.6. The summed E-state index contributed by atoms with van der Waals surface area (Å²) >= 11 is 0. The van der Waals surface area contributed by atoms with Crippen molar-refractivity contribution in [3.05, 3.63) is 308 Å². The quantitative estimate of drug-likeness (QED) is 0.136. The van der Waals surface area contributed by atoms with E-state index in [4.69, 9.17) is 24.4 Å². The Morgan fingerprint density at radius 2 is 0.678 bits per heavy atom. The van der Waals surface area contributed by atoms with Crippen molar-refractivity contribution in [3.63, 3.8) is 0 Å². The highest BCUT2D eigenvalue weighted by molar-refractivity contribution is 6.13.